The van der Waals surface area contributed by atoms with Gasteiger partial charge in [-0.3, -0.25) is 19.5 Å². The molecular weight excluding hydrogens is 1530 g/mol. The summed E-state index contributed by atoms with van der Waals surface area (Å²) in [6.07, 6.45) is -12.0. The number of ether oxygens (including phenoxy) is 1. The summed E-state index contributed by atoms with van der Waals surface area (Å²) in [5, 5.41) is 115. The number of pyridine rings is 3. The molecule has 5 aromatic carbocycles. The van der Waals surface area contributed by atoms with Gasteiger partial charge in [0.1, 0.15) is 17.8 Å². The second-order valence-electron chi connectivity index (χ2n) is 19.5. The first-order valence-electron chi connectivity index (χ1n) is 28.7. The lowest BCUT2D eigenvalue weighted by atomic mass is 10.0. The zero-order valence-electron chi connectivity index (χ0n) is 55.7. The van der Waals surface area contributed by atoms with Crippen molar-refractivity contribution in [1.82, 2.24) is 54.0 Å². The van der Waals surface area contributed by atoms with Crippen molar-refractivity contribution in [3.05, 3.63) is 269 Å². The zero-order chi connectivity index (χ0) is 83.0. The molecule has 2 aliphatic rings. The Labute approximate surface area is 609 Å². The molecular formula is C67H49ClF17N11O13-12. The second-order valence-corrected chi connectivity index (χ2v) is 19.9. The van der Waals surface area contributed by atoms with Crippen molar-refractivity contribution in [2.75, 3.05) is 7.11 Å². The lowest BCUT2D eigenvalue weighted by Gasteiger charge is -2.43. The van der Waals surface area contributed by atoms with Crippen LogP contribution < -0.4 is 71.6 Å². The number of rotatable bonds is 1. The molecule has 588 valence electrons. The van der Waals surface area contributed by atoms with Crippen LogP contribution in [-0.2, 0) is 20.3 Å². The first kappa shape index (κ1) is 94.1. The van der Waals surface area contributed by atoms with Crippen molar-refractivity contribution in [3.63, 3.8) is 0 Å². The van der Waals surface area contributed by atoms with E-state index in [9.17, 15) is 136 Å². The van der Waals surface area contributed by atoms with Gasteiger partial charge in [-0.25, -0.2) is 46.7 Å². The third kappa shape index (κ3) is 34.2. The van der Waals surface area contributed by atoms with Crippen LogP contribution >= 0.6 is 11.6 Å². The predicted molar refractivity (Wildman–Crippen MR) is 329 cm³/mol. The van der Waals surface area contributed by atoms with Crippen LogP contribution in [0.5, 0.6) is 63.8 Å². The Balaban J connectivity index is 0.000000600. The molecule has 0 fully saturated rings. The van der Waals surface area contributed by atoms with E-state index in [1.165, 1.54) is 110 Å². The number of hydrogen-bond acceptors (Lipinski definition) is 21. The van der Waals surface area contributed by atoms with Gasteiger partial charge in [-0.2, -0.15) is 52.7 Å². The molecule has 0 saturated carbocycles. The van der Waals surface area contributed by atoms with Gasteiger partial charge in [-0.05, 0) is 73.8 Å². The van der Waals surface area contributed by atoms with Crippen LogP contribution in [-0.4, -0.2) is 80.2 Å². The van der Waals surface area contributed by atoms with Gasteiger partial charge in [0.15, 0.2) is 40.5 Å². The number of aryl methyl sites for hydroxylation is 2. The summed E-state index contributed by atoms with van der Waals surface area (Å²) in [6, 6.07) is 35.9. The van der Waals surface area contributed by atoms with Crippen molar-refractivity contribution in [2.24, 2.45) is 14.1 Å². The molecule has 0 N–H and O–H groups in total. The largest absolute Gasteiger partial charge is 0.872 e. The Bertz CT molecular complexity index is 4150. The van der Waals surface area contributed by atoms with Gasteiger partial charge >= 0.3 is 30.4 Å². The molecule has 12 rings (SSSR count). The third-order valence-corrected chi connectivity index (χ3v) is 11.7. The fourth-order valence-corrected chi connectivity index (χ4v) is 6.40. The number of fused-ring (bicyclic) bond motifs is 1. The molecule has 0 amide bonds. The van der Waals surface area contributed by atoms with Crippen LogP contribution in [0.15, 0.2) is 212 Å². The molecule has 42 heteroatoms. The molecule has 0 atom stereocenters. The van der Waals surface area contributed by atoms with E-state index in [1.54, 1.807) is 107 Å². The maximum Gasteiger partial charge on any atom is 0.416 e. The van der Waals surface area contributed by atoms with Crippen molar-refractivity contribution in [2.45, 2.75) is 44.2 Å². The fraction of sp³-hybridized carbons (Fsp3) is 0.149. The molecule has 7 heterocycles. The quantitative estimate of drug-likeness (QED) is 0.0882. The fourth-order valence-electron chi connectivity index (χ4n) is 6.28. The minimum Gasteiger partial charge on any atom is -0.872 e. The van der Waals surface area contributed by atoms with Crippen molar-refractivity contribution < 1.29 is 136 Å². The predicted octanol–water partition coefficient (Wildman–Crippen LogP) is 7.31. The number of aromatic nitrogens is 11. The lowest BCUT2D eigenvalue weighted by molar-refractivity contribution is -0.640. The number of imidazole rings is 2. The van der Waals surface area contributed by atoms with E-state index >= 15 is 0 Å². The normalized spacial score (nSPS) is 10.4. The first-order valence-corrected chi connectivity index (χ1v) is 29.1. The Morgan fingerprint density at radius 1 is 0.468 bits per heavy atom. The standard InChI is InChI=1S/C7H5F3O.C7H8N4O2.C7H8O2.C6H5ClO.C6HF5O.C6H8N2O.C6H6O.3C5H5NO.C4F9O.C3H3N2/c8-7(9,10)5-1-3-6(11)4-2-5;1-10-5-4(8-3-9-5)6(12)11(2)7(10)13;1-9-7-4-2-6(8)3-5-7;7-5-1-3-6(8)4-2-5;7-1-2(8)4(10)6(12)5(11)3(1)9;1-4-3-5(2)8-6(9)7-4;7-6-4-2-1-3-5-6;7-5-1-3-6-4-2-5;7-5-2-1-3-6-4-5;7-5-3-1-2-4-6-5;5-2(6,7)1(14,3(8,9)10)4(11,12)13;1-2-5-3-4-1/h1-4,11H;3,12H,1-2H3;2-5,8H,1H3;1-4,8H;12H;3H,1-2H3,(H,7,8,9);1-5,7H;1-4H,(H,6,7);1-4,7H;1-4H,(H,6,7);;1-3H/q;;;;;;;;;;2*-1/p-10. The number of para-hydroxylation sites is 1. The average molecular weight is 1570 g/mol. The highest BCUT2D eigenvalue weighted by molar-refractivity contribution is 6.30. The summed E-state index contributed by atoms with van der Waals surface area (Å²) >= 11 is 5.47. The summed E-state index contributed by atoms with van der Waals surface area (Å²) < 4.78 is 205. The number of methoxy groups -OCH3 is 1. The number of alkyl halides is 12. The summed E-state index contributed by atoms with van der Waals surface area (Å²) in [4.78, 5) is 44.0. The van der Waals surface area contributed by atoms with Crippen LogP contribution in [0.2, 0.25) is 5.02 Å². The average Bonchev–Trinajstić information content (AvgIpc) is 1.20. The smallest absolute Gasteiger partial charge is 0.416 e. The van der Waals surface area contributed by atoms with Crippen LogP contribution in [0.25, 0.3) is 11.5 Å². The van der Waals surface area contributed by atoms with Crippen molar-refractivity contribution in [3.8, 4) is 75.3 Å². The van der Waals surface area contributed by atoms with E-state index in [4.69, 9.17) is 16.3 Å². The molecule has 0 saturated heterocycles. The zero-order valence-corrected chi connectivity index (χ0v) is 56.4. The third-order valence-electron chi connectivity index (χ3n) is 11.4. The van der Waals surface area contributed by atoms with E-state index in [2.05, 4.69) is 44.9 Å². The van der Waals surface area contributed by atoms with E-state index in [0.717, 1.165) is 46.0 Å². The van der Waals surface area contributed by atoms with Crippen LogP contribution in [0.4, 0.5) is 74.6 Å². The first-order chi connectivity index (χ1) is 50.7. The Morgan fingerprint density at radius 3 is 1.23 bits per heavy atom. The van der Waals surface area contributed by atoms with Gasteiger partial charge in [0.2, 0.25) is 0 Å². The summed E-state index contributed by atoms with van der Waals surface area (Å²) in [6.45, 7) is 3.55. The maximum absolute atomic E-state index is 12.1. The van der Waals surface area contributed by atoms with Gasteiger partial charge < -0.3 is 75.4 Å². The van der Waals surface area contributed by atoms with E-state index in [-0.39, 0.29) is 40.3 Å². The number of benzene rings is 5. The van der Waals surface area contributed by atoms with Gasteiger partial charge in [0.25, 0.3) is 0 Å². The summed E-state index contributed by atoms with van der Waals surface area (Å²) in [7, 11) is 4.54. The maximum atomic E-state index is 12.1. The SMILES string of the molecule is COc1ccc([O-])cc1.Cc1cc(C)nc([O-])n1.Cn1c2ncnc-2c([O-])n(C)c1=O.[O-]C(C(F)(F)F)(C(F)(F)F)C(F)(F)F.[O-]c1c(F)c(F)c(F)c(F)c1F.[O-]c1ccc(C(F)(F)F)cc1.[O-]c1ccc(Cl)cc1.[O-]c1ccccc1.[O-]c1ccccn1.[O-]c1cccnc1.[O-]c1ccncc1.c1c[n-]cn1. The van der Waals surface area contributed by atoms with Crippen molar-refractivity contribution in [1.29, 1.82) is 0 Å². The molecule has 5 aromatic heterocycles. The van der Waals surface area contributed by atoms with Gasteiger partial charge in [-0.1, -0.05) is 145 Å². The molecule has 0 bridgehead atoms. The molecule has 0 unspecified atom stereocenters. The van der Waals surface area contributed by atoms with Gasteiger partial charge in [0, 0.05) is 61.5 Å². The summed E-state index contributed by atoms with van der Waals surface area (Å²) in [5.74, 6) is -13.5. The Hall–Kier alpha value is -13.0. The highest BCUT2D eigenvalue weighted by Gasteiger charge is 2.75. The van der Waals surface area contributed by atoms with Crippen molar-refractivity contribution >= 4 is 11.6 Å². The summed E-state index contributed by atoms with van der Waals surface area (Å²) in [5.41, 5.74) is -6.44. The highest BCUT2D eigenvalue weighted by atomic mass is 35.5. The molecule has 0 aliphatic carbocycles. The van der Waals surface area contributed by atoms with E-state index in [0.29, 0.717) is 10.8 Å². The monoisotopic (exact) mass is 1570 g/mol. The van der Waals surface area contributed by atoms with E-state index < -0.39 is 94.0 Å². The number of halogens is 18. The minimum atomic E-state index is -6.98. The van der Waals surface area contributed by atoms with E-state index in [1.807, 2.05) is 6.07 Å². The topological polar surface area (TPSA) is 407 Å². The Morgan fingerprint density at radius 2 is 0.917 bits per heavy atom. The Kier molecular flexibility index (Phi) is 39.2. The van der Waals surface area contributed by atoms with Gasteiger partial charge in [-0.15, -0.1) is 28.7 Å². The molecule has 10 aromatic rings. The molecule has 0 radical (unpaired) electrons. The molecule has 2 aliphatic heterocycles. The molecule has 0 spiro atoms. The molecule has 109 heavy (non-hydrogen) atoms. The number of nitrogens with zero attached hydrogens (tertiary/aromatic N) is 11. The number of hydrogen-bond donors (Lipinski definition) is 0. The van der Waals surface area contributed by atoms with Gasteiger partial charge in [0.05, 0.1) is 18.7 Å². The van der Waals surface area contributed by atoms with Crippen LogP contribution in [0.3, 0.4) is 0 Å². The van der Waals surface area contributed by atoms with Crippen LogP contribution in [0.1, 0.15) is 17.0 Å². The second kappa shape index (κ2) is 45.4. The molecule has 24 nitrogen and oxygen atoms in total. The van der Waals surface area contributed by atoms with Crippen LogP contribution in [0, 0.1) is 42.9 Å². The highest BCUT2D eigenvalue weighted by Crippen LogP contribution is 2.50. The minimum absolute atomic E-state index is 0.00519. The lowest BCUT2D eigenvalue weighted by Crippen LogP contribution is -2.74.